The Hall–Kier alpha value is -1.84. The number of carbonyl (C=O) groups is 1. The van der Waals surface area contributed by atoms with Crippen LogP contribution in [0.2, 0.25) is 0 Å². The summed E-state index contributed by atoms with van der Waals surface area (Å²) in [4.78, 5) is 16.0. The van der Waals surface area contributed by atoms with Crippen LogP contribution in [0.5, 0.6) is 0 Å². The summed E-state index contributed by atoms with van der Waals surface area (Å²) in [7, 11) is 0. The molecular formula is C16H20N2O2. The van der Waals surface area contributed by atoms with Crippen molar-refractivity contribution in [2.45, 2.75) is 46.1 Å². The van der Waals surface area contributed by atoms with Crippen LogP contribution in [0.1, 0.15) is 62.3 Å². The maximum Gasteiger partial charge on any atom is 0.337 e. The molecule has 0 saturated heterocycles. The van der Waals surface area contributed by atoms with Crippen molar-refractivity contribution < 1.29 is 9.90 Å². The molecule has 0 bridgehead atoms. The maximum absolute atomic E-state index is 11.4. The molecule has 1 heterocycles. The predicted molar refractivity (Wildman–Crippen MR) is 78.2 cm³/mol. The fourth-order valence-electron chi connectivity index (χ4n) is 2.92. The number of imidazole rings is 1. The molecule has 1 aliphatic carbocycles. The van der Waals surface area contributed by atoms with Crippen LogP contribution in [0.15, 0.2) is 18.2 Å². The Kier molecular flexibility index (Phi) is 2.68. The van der Waals surface area contributed by atoms with Crippen LogP contribution in [0, 0.1) is 5.41 Å². The van der Waals surface area contributed by atoms with E-state index in [9.17, 15) is 9.90 Å². The minimum absolute atomic E-state index is 0.274. The third-order valence-corrected chi connectivity index (χ3v) is 4.27. The van der Waals surface area contributed by atoms with E-state index in [0.29, 0.717) is 17.1 Å². The molecule has 0 radical (unpaired) electrons. The molecule has 1 aromatic heterocycles. The van der Waals surface area contributed by atoms with Crippen LogP contribution < -0.4 is 0 Å². The van der Waals surface area contributed by atoms with Crippen molar-refractivity contribution in [3.63, 3.8) is 0 Å². The summed E-state index contributed by atoms with van der Waals surface area (Å²) < 4.78 is 2.26. The smallest absolute Gasteiger partial charge is 0.337 e. The summed E-state index contributed by atoms with van der Waals surface area (Å²) in [6.45, 7) is 8.70. The van der Waals surface area contributed by atoms with Gasteiger partial charge in [-0.05, 0) is 24.0 Å². The normalized spacial score (nSPS) is 20.6. The first-order valence-electron chi connectivity index (χ1n) is 7.07. The molecule has 4 nitrogen and oxygen atoms in total. The van der Waals surface area contributed by atoms with Gasteiger partial charge in [0.1, 0.15) is 11.3 Å². The predicted octanol–water partition coefficient (Wildman–Crippen LogP) is 3.83. The molecule has 1 saturated carbocycles. The summed E-state index contributed by atoms with van der Waals surface area (Å²) in [6, 6.07) is 5.84. The lowest BCUT2D eigenvalue weighted by atomic mass is 10.1. The molecular weight excluding hydrogens is 252 g/mol. The number of benzene rings is 1. The van der Waals surface area contributed by atoms with E-state index in [4.69, 9.17) is 0 Å². The van der Waals surface area contributed by atoms with Gasteiger partial charge in [-0.15, -0.1) is 0 Å². The summed E-state index contributed by atoms with van der Waals surface area (Å²) in [5, 5.41) is 9.33. The minimum Gasteiger partial charge on any atom is -0.478 e. The van der Waals surface area contributed by atoms with Gasteiger partial charge in [-0.2, -0.15) is 0 Å². The molecule has 0 aliphatic heterocycles. The van der Waals surface area contributed by atoms with Gasteiger partial charge >= 0.3 is 5.97 Å². The Bertz CT molecular complexity index is 698. The van der Waals surface area contributed by atoms with Gasteiger partial charge in [0, 0.05) is 12.0 Å². The second-order valence-corrected chi connectivity index (χ2v) is 6.68. The van der Waals surface area contributed by atoms with Gasteiger partial charge in [0.15, 0.2) is 0 Å². The molecule has 1 unspecified atom stereocenters. The lowest BCUT2D eigenvalue weighted by Gasteiger charge is -2.13. The van der Waals surface area contributed by atoms with E-state index in [1.165, 1.54) is 0 Å². The van der Waals surface area contributed by atoms with Crippen molar-refractivity contribution >= 4 is 17.0 Å². The van der Waals surface area contributed by atoms with Crippen LogP contribution in [0.4, 0.5) is 0 Å². The minimum atomic E-state index is -0.911. The molecule has 4 heteroatoms. The average molecular weight is 272 g/mol. The topological polar surface area (TPSA) is 55.1 Å². The van der Waals surface area contributed by atoms with Crippen LogP contribution in [-0.2, 0) is 0 Å². The lowest BCUT2D eigenvalue weighted by molar-refractivity contribution is 0.0699. The highest BCUT2D eigenvalue weighted by molar-refractivity contribution is 6.01. The largest absolute Gasteiger partial charge is 0.478 e. The van der Waals surface area contributed by atoms with E-state index in [2.05, 4.69) is 37.2 Å². The second-order valence-electron chi connectivity index (χ2n) is 6.68. The zero-order chi connectivity index (χ0) is 14.7. The van der Waals surface area contributed by atoms with E-state index in [1.807, 2.05) is 12.1 Å². The Morgan fingerprint density at radius 2 is 2.10 bits per heavy atom. The zero-order valence-corrected chi connectivity index (χ0v) is 12.3. The SMILES string of the molecule is CC(C)c1nc2c(C(=O)O)cccc2n1C1CC1(C)C. The molecule has 106 valence electrons. The highest BCUT2D eigenvalue weighted by atomic mass is 16.4. The quantitative estimate of drug-likeness (QED) is 0.923. The van der Waals surface area contributed by atoms with Crippen LogP contribution in [-0.4, -0.2) is 20.6 Å². The third kappa shape index (κ3) is 1.82. The Labute approximate surface area is 118 Å². The van der Waals surface area contributed by atoms with E-state index in [0.717, 1.165) is 17.8 Å². The number of para-hydroxylation sites is 1. The molecule has 0 amide bonds. The van der Waals surface area contributed by atoms with E-state index >= 15 is 0 Å². The Morgan fingerprint density at radius 1 is 1.45 bits per heavy atom. The fraction of sp³-hybridized carbons (Fsp3) is 0.500. The first-order chi connectivity index (χ1) is 9.33. The number of aromatic carboxylic acids is 1. The number of aromatic nitrogens is 2. The van der Waals surface area contributed by atoms with Crippen molar-refractivity contribution in [3.05, 3.63) is 29.6 Å². The number of nitrogens with zero attached hydrogens (tertiary/aromatic N) is 2. The molecule has 1 N–H and O–H groups in total. The number of hydrogen-bond donors (Lipinski definition) is 1. The van der Waals surface area contributed by atoms with Crippen LogP contribution in [0.3, 0.4) is 0 Å². The molecule has 1 fully saturated rings. The van der Waals surface area contributed by atoms with Gasteiger partial charge in [-0.25, -0.2) is 9.78 Å². The fourth-order valence-corrected chi connectivity index (χ4v) is 2.92. The van der Waals surface area contributed by atoms with Gasteiger partial charge in [0.2, 0.25) is 0 Å². The molecule has 20 heavy (non-hydrogen) atoms. The van der Waals surface area contributed by atoms with Crippen molar-refractivity contribution in [2.75, 3.05) is 0 Å². The van der Waals surface area contributed by atoms with Gasteiger partial charge in [-0.1, -0.05) is 33.8 Å². The van der Waals surface area contributed by atoms with Gasteiger partial charge in [0.05, 0.1) is 11.1 Å². The summed E-state index contributed by atoms with van der Waals surface area (Å²) in [5.41, 5.74) is 2.13. The molecule has 2 aromatic rings. The maximum atomic E-state index is 11.4. The number of hydrogen-bond acceptors (Lipinski definition) is 2. The van der Waals surface area contributed by atoms with Gasteiger partial charge in [-0.3, -0.25) is 0 Å². The van der Waals surface area contributed by atoms with Crippen molar-refractivity contribution in [3.8, 4) is 0 Å². The third-order valence-electron chi connectivity index (χ3n) is 4.27. The summed E-state index contributed by atoms with van der Waals surface area (Å²) in [5.74, 6) is 0.357. The lowest BCUT2D eigenvalue weighted by Crippen LogP contribution is -2.06. The highest BCUT2D eigenvalue weighted by Gasteiger charge is 2.48. The first-order valence-corrected chi connectivity index (χ1v) is 7.07. The summed E-state index contributed by atoms with van der Waals surface area (Å²) >= 11 is 0. The number of fused-ring (bicyclic) bond motifs is 1. The highest BCUT2D eigenvalue weighted by Crippen LogP contribution is 2.57. The molecule has 1 aliphatic rings. The van der Waals surface area contributed by atoms with E-state index in [-0.39, 0.29) is 11.3 Å². The first kappa shape index (κ1) is 13.2. The number of carboxylic acids is 1. The van der Waals surface area contributed by atoms with E-state index < -0.39 is 5.97 Å². The van der Waals surface area contributed by atoms with Crippen LogP contribution in [0.25, 0.3) is 11.0 Å². The average Bonchev–Trinajstić information content (AvgIpc) is 2.84. The number of carboxylic acid groups (broad SMARTS) is 1. The zero-order valence-electron chi connectivity index (χ0n) is 12.3. The van der Waals surface area contributed by atoms with Crippen molar-refractivity contribution in [1.29, 1.82) is 0 Å². The standard InChI is InChI=1S/C16H20N2O2/c1-9(2)14-17-13-10(15(19)20)6-5-7-11(13)18(14)12-8-16(12,3)4/h5-7,9,12H,8H2,1-4H3,(H,19,20). The summed E-state index contributed by atoms with van der Waals surface area (Å²) in [6.07, 6.45) is 1.12. The van der Waals surface area contributed by atoms with Gasteiger partial charge in [0.25, 0.3) is 0 Å². The molecule has 3 rings (SSSR count). The molecule has 1 atom stereocenters. The van der Waals surface area contributed by atoms with Crippen LogP contribution >= 0.6 is 0 Å². The Balaban J connectivity index is 2.29. The second kappa shape index (κ2) is 4.08. The monoisotopic (exact) mass is 272 g/mol. The van der Waals surface area contributed by atoms with Gasteiger partial charge < -0.3 is 9.67 Å². The van der Waals surface area contributed by atoms with E-state index in [1.54, 1.807) is 6.07 Å². The molecule has 1 aromatic carbocycles. The van der Waals surface area contributed by atoms with Crippen molar-refractivity contribution in [2.24, 2.45) is 5.41 Å². The van der Waals surface area contributed by atoms with Crippen molar-refractivity contribution in [1.82, 2.24) is 9.55 Å². The molecule has 0 spiro atoms. The number of rotatable bonds is 3. The Morgan fingerprint density at radius 3 is 2.60 bits per heavy atom.